The van der Waals surface area contributed by atoms with Crippen LogP contribution in [0.15, 0.2) is 41.6 Å². The van der Waals surface area contributed by atoms with E-state index < -0.39 is 0 Å². The van der Waals surface area contributed by atoms with Crippen LogP contribution in [0, 0.1) is 12.8 Å². The van der Waals surface area contributed by atoms with Crippen molar-refractivity contribution in [3.8, 4) is 0 Å². The number of piperidine rings is 1. The molecule has 3 fully saturated rings. The Balaban J connectivity index is 1.45. The van der Waals surface area contributed by atoms with Gasteiger partial charge in [-0.05, 0) is 31.7 Å². The van der Waals surface area contributed by atoms with Gasteiger partial charge < -0.3 is 14.4 Å². The monoisotopic (exact) mass is 367 g/mol. The molecule has 142 valence electrons. The van der Waals surface area contributed by atoms with Crippen LogP contribution in [0.3, 0.4) is 0 Å². The predicted molar refractivity (Wildman–Crippen MR) is 103 cm³/mol. The second kappa shape index (κ2) is 7.50. The minimum atomic E-state index is -0.0472. The molecule has 3 saturated heterocycles. The fraction of sp³-hybridized carbons (Fsp3) is 0.500. The normalized spacial score (nSPS) is 22.0. The zero-order valence-electron chi connectivity index (χ0n) is 15.6. The number of amides is 1. The van der Waals surface area contributed by atoms with Crippen molar-refractivity contribution >= 4 is 11.7 Å². The lowest BCUT2D eigenvalue weighted by atomic mass is 9.94. The molecular formula is C20H25N5O2. The number of aromatic nitrogens is 3. The van der Waals surface area contributed by atoms with Gasteiger partial charge >= 0.3 is 0 Å². The second-order valence-electron chi connectivity index (χ2n) is 7.52. The summed E-state index contributed by atoms with van der Waals surface area (Å²) in [6, 6.07) is 5.40. The van der Waals surface area contributed by atoms with E-state index in [1.807, 2.05) is 17.9 Å². The predicted octanol–water partition coefficient (Wildman–Crippen LogP) is 1.46. The Morgan fingerprint density at radius 3 is 2.85 bits per heavy atom. The van der Waals surface area contributed by atoms with E-state index in [1.165, 1.54) is 0 Å². The highest BCUT2D eigenvalue weighted by atomic mass is 16.2. The molecule has 0 radical (unpaired) electrons. The van der Waals surface area contributed by atoms with Gasteiger partial charge in [0.05, 0.1) is 6.20 Å². The second-order valence-corrected chi connectivity index (χ2v) is 7.52. The number of carbonyl (C=O) groups is 1. The van der Waals surface area contributed by atoms with Crippen molar-refractivity contribution in [1.29, 1.82) is 0 Å². The third-order valence-electron chi connectivity index (χ3n) is 5.72. The Hall–Kier alpha value is -2.70. The molecule has 0 aliphatic carbocycles. The van der Waals surface area contributed by atoms with E-state index in [2.05, 4.69) is 14.9 Å². The van der Waals surface area contributed by atoms with Crippen LogP contribution in [-0.2, 0) is 11.3 Å². The Morgan fingerprint density at radius 1 is 1.19 bits per heavy atom. The third kappa shape index (κ3) is 3.72. The highest BCUT2D eigenvalue weighted by Gasteiger charge is 2.37. The first-order valence-electron chi connectivity index (χ1n) is 9.58. The average Bonchev–Trinajstić information content (AvgIpc) is 3.00. The molecule has 3 aliphatic heterocycles. The van der Waals surface area contributed by atoms with E-state index in [0.29, 0.717) is 18.9 Å². The summed E-state index contributed by atoms with van der Waals surface area (Å²) in [7, 11) is 0. The zero-order valence-corrected chi connectivity index (χ0v) is 15.6. The Labute approximate surface area is 158 Å². The van der Waals surface area contributed by atoms with E-state index in [9.17, 15) is 9.59 Å². The molecule has 7 nitrogen and oxygen atoms in total. The van der Waals surface area contributed by atoms with Gasteiger partial charge in [0.15, 0.2) is 0 Å². The molecule has 1 amide bonds. The largest absolute Gasteiger partial charge is 0.353 e. The van der Waals surface area contributed by atoms with Crippen molar-refractivity contribution in [3.05, 3.63) is 52.8 Å². The van der Waals surface area contributed by atoms with Crippen molar-refractivity contribution in [3.63, 3.8) is 0 Å². The fourth-order valence-electron chi connectivity index (χ4n) is 4.29. The maximum absolute atomic E-state index is 12.9. The summed E-state index contributed by atoms with van der Waals surface area (Å²) in [5, 5.41) is 0. The Kier molecular flexibility index (Phi) is 4.92. The van der Waals surface area contributed by atoms with Gasteiger partial charge in [-0.3, -0.25) is 14.6 Å². The summed E-state index contributed by atoms with van der Waals surface area (Å²) in [6.45, 7) is 4.84. The van der Waals surface area contributed by atoms with Gasteiger partial charge in [0.25, 0.3) is 5.56 Å². The first-order chi connectivity index (χ1) is 13.1. The lowest BCUT2D eigenvalue weighted by Gasteiger charge is -2.36. The highest BCUT2D eigenvalue weighted by Crippen LogP contribution is 2.30. The smallest absolute Gasteiger partial charge is 0.250 e. The van der Waals surface area contributed by atoms with Gasteiger partial charge in [-0.15, -0.1) is 0 Å². The summed E-state index contributed by atoms with van der Waals surface area (Å²) in [4.78, 5) is 37.9. The topological polar surface area (TPSA) is 71.3 Å². The number of hydrogen-bond donors (Lipinski definition) is 0. The lowest BCUT2D eigenvalue weighted by Crippen LogP contribution is -2.47. The van der Waals surface area contributed by atoms with Crippen molar-refractivity contribution in [2.75, 3.05) is 24.5 Å². The van der Waals surface area contributed by atoms with E-state index in [-0.39, 0.29) is 17.5 Å². The highest BCUT2D eigenvalue weighted by molar-refractivity contribution is 5.76. The number of pyridine rings is 1. The minimum absolute atomic E-state index is 0.0472. The number of nitrogens with zero attached hydrogens (tertiary/aromatic N) is 5. The summed E-state index contributed by atoms with van der Waals surface area (Å²) >= 11 is 0. The van der Waals surface area contributed by atoms with Gasteiger partial charge in [0, 0.05) is 62.8 Å². The van der Waals surface area contributed by atoms with Crippen LogP contribution in [-0.4, -0.2) is 51.0 Å². The van der Waals surface area contributed by atoms with Crippen LogP contribution in [0.4, 0.5) is 5.82 Å². The quantitative estimate of drug-likeness (QED) is 0.818. The molecule has 2 aromatic rings. The molecular weight excluding hydrogens is 342 g/mol. The molecule has 2 aromatic heterocycles. The van der Waals surface area contributed by atoms with E-state index in [0.717, 1.165) is 44.0 Å². The number of carbonyl (C=O) groups excluding carboxylic acids is 1. The zero-order chi connectivity index (χ0) is 18.8. The molecule has 7 heteroatoms. The maximum atomic E-state index is 12.9. The summed E-state index contributed by atoms with van der Waals surface area (Å²) in [6.07, 6.45) is 7.71. The lowest BCUT2D eigenvalue weighted by molar-refractivity contribution is -0.135. The maximum Gasteiger partial charge on any atom is 0.250 e. The Morgan fingerprint density at radius 2 is 2.07 bits per heavy atom. The number of hydrogen-bond acceptors (Lipinski definition) is 5. The molecule has 5 rings (SSSR count). The average molecular weight is 367 g/mol. The number of fused-ring (bicyclic) bond motifs is 4. The van der Waals surface area contributed by atoms with Crippen molar-refractivity contribution in [2.45, 2.75) is 38.8 Å². The molecule has 0 aromatic carbocycles. The van der Waals surface area contributed by atoms with Gasteiger partial charge in [-0.1, -0.05) is 6.07 Å². The van der Waals surface area contributed by atoms with Crippen LogP contribution in [0.5, 0.6) is 0 Å². The first kappa shape index (κ1) is 17.7. The Bertz CT molecular complexity index is 866. The number of rotatable bonds is 4. The van der Waals surface area contributed by atoms with Gasteiger partial charge in [-0.25, -0.2) is 4.98 Å². The molecule has 0 N–H and O–H groups in total. The van der Waals surface area contributed by atoms with Crippen LogP contribution < -0.4 is 10.5 Å². The SMILES string of the molecule is Cc1cccc(=O)n1CCC(=O)N1C[C@H]2CC[C@@H]1CN(c1cnccn1)C2. The molecule has 2 atom stereocenters. The molecule has 0 unspecified atom stereocenters. The molecule has 0 saturated carbocycles. The number of aryl methyl sites for hydroxylation is 1. The van der Waals surface area contributed by atoms with Crippen molar-refractivity contribution < 1.29 is 4.79 Å². The van der Waals surface area contributed by atoms with Gasteiger partial charge in [0.2, 0.25) is 5.91 Å². The van der Waals surface area contributed by atoms with E-state index >= 15 is 0 Å². The summed E-state index contributed by atoms with van der Waals surface area (Å²) in [5.74, 6) is 1.48. The minimum Gasteiger partial charge on any atom is -0.353 e. The molecule has 3 aliphatic rings. The van der Waals surface area contributed by atoms with Crippen molar-refractivity contribution in [2.24, 2.45) is 5.92 Å². The van der Waals surface area contributed by atoms with Crippen LogP contribution in [0.1, 0.15) is 25.0 Å². The fourth-order valence-corrected chi connectivity index (χ4v) is 4.29. The third-order valence-corrected chi connectivity index (χ3v) is 5.72. The van der Waals surface area contributed by atoms with Gasteiger partial charge in [0.1, 0.15) is 5.82 Å². The first-order valence-corrected chi connectivity index (χ1v) is 9.58. The molecule has 5 heterocycles. The molecule has 0 spiro atoms. The number of anilines is 1. The van der Waals surface area contributed by atoms with Crippen molar-refractivity contribution in [1.82, 2.24) is 19.4 Å². The molecule has 27 heavy (non-hydrogen) atoms. The molecule has 2 bridgehead atoms. The van der Waals surface area contributed by atoms with E-state index in [4.69, 9.17) is 0 Å². The summed E-state index contributed by atoms with van der Waals surface area (Å²) in [5.41, 5.74) is 0.843. The summed E-state index contributed by atoms with van der Waals surface area (Å²) < 4.78 is 1.68. The van der Waals surface area contributed by atoms with Crippen LogP contribution in [0.2, 0.25) is 0 Å². The van der Waals surface area contributed by atoms with Crippen LogP contribution in [0.25, 0.3) is 0 Å². The van der Waals surface area contributed by atoms with Crippen LogP contribution >= 0.6 is 0 Å². The van der Waals surface area contributed by atoms with E-state index in [1.54, 1.807) is 35.3 Å². The standard InChI is InChI=1S/C20H25N5O2/c1-15-3-2-4-19(26)24(15)10-7-20(27)25-13-16-5-6-17(25)14-23(12-16)18-11-21-8-9-22-18/h2-4,8-9,11,16-17H,5-7,10,12-14H2,1H3/t16-,17+/m0/s1. The van der Waals surface area contributed by atoms with Gasteiger partial charge in [-0.2, -0.15) is 0 Å².